The first-order valence-corrected chi connectivity index (χ1v) is 10.6. The van der Waals surface area contributed by atoms with Crippen LogP contribution >= 0.6 is 11.6 Å². The predicted molar refractivity (Wildman–Crippen MR) is 122 cm³/mol. The standard InChI is InChI=1S/C24H22ClN5O/c25-19-7-6-10-21(17-19)27-13-15-29(16-14-27)24(31)22-18-26-30(20-8-2-1-3-9-20)23(22)28-11-4-5-12-28/h1-12,17-18H,13-16H2. The number of carbonyl (C=O) groups excluding carboxylic acids is 1. The molecule has 5 rings (SSSR count). The predicted octanol–water partition coefficient (Wildman–Crippen LogP) is 4.28. The Bertz CT molecular complexity index is 1180. The third-order valence-electron chi connectivity index (χ3n) is 5.56. The van der Waals surface area contributed by atoms with Gasteiger partial charge in [-0.05, 0) is 42.5 Å². The van der Waals surface area contributed by atoms with Crippen LogP contribution in [-0.4, -0.2) is 51.3 Å². The molecular formula is C24H22ClN5O. The molecule has 2 aromatic carbocycles. The topological polar surface area (TPSA) is 46.3 Å². The number of benzene rings is 2. The second kappa shape index (κ2) is 8.32. The van der Waals surface area contributed by atoms with E-state index >= 15 is 0 Å². The van der Waals surface area contributed by atoms with Gasteiger partial charge in [0.25, 0.3) is 5.91 Å². The minimum absolute atomic E-state index is 0.00312. The number of rotatable bonds is 4. The highest BCUT2D eigenvalue weighted by Gasteiger charge is 2.27. The fourth-order valence-electron chi connectivity index (χ4n) is 3.99. The highest BCUT2D eigenvalue weighted by Crippen LogP contribution is 2.24. The molecule has 1 amide bonds. The van der Waals surface area contributed by atoms with Gasteiger partial charge < -0.3 is 14.4 Å². The number of aromatic nitrogens is 3. The van der Waals surface area contributed by atoms with Crippen molar-refractivity contribution in [3.8, 4) is 11.5 Å². The summed E-state index contributed by atoms with van der Waals surface area (Å²) in [5.74, 6) is 0.745. The van der Waals surface area contributed by atoms with E-state index < -0.39 is 0 Å². The fraction of sp³-hybridized carbons (Fsp3) is 0.167. The van der Waals surface area contributed by atoms with Crippen molar-refractivity contribution in [2.45, 2.75) is 0 Å². The third-order valence-corrected chi connectivity index (χ3v) is 5.80. The van der Waals surface area contributed by atoms with E-state index in [0.717, 1.165) is 35.3 Å². The van der Waals surface area contributed by atoms with Crippen molar-refractivity contribution >= 4 is 23.2 Å². The molecule has 6 nitrogen and oxygen atoms in total. The maximum Gasteiger partial charge on any atom is 0.259 e. The third kappa shape index (κ3) is 3.82. The van der Waals surface area contributed by atoms with Crippen molar-refractivity contribution in [3.05, 3.63) is 95.9 Å². The maximum atomic E-state index is 13.5. The molecular weight excluding hydrogens is 410 g/mol. The molecule has 3 heterocycles. The number of halogens is 1. The second-order valence-electron chi connectivity index (χ2n) is 7.48. The lowest BCUT2D eigenvalue weighted by Crippen LogP contribution is -2.48. The summed E-state index contributed by atoms with van der Waals surface area (Å²) in [5.41, 5.74) is 2.59. The summed E-state index contributed by atoms with van der Waals surface area (Å²) >= 11 is 6.14. The average molecular weight is 432 g/mol. The van der Waals surface area contributed by atoms with Gasteiger partial charge in [0, 0.05) is 49.3 Å². The van der Waals surface area contributed by atoms with Crippen molar-refractivity contribution in [2.75, 3.05) is 31.1 Å². The molecule has 1 saturated heterocycles. The summed E-state index contributed by atoms with van der Waals surface area (Å²) in [6.45, 7) is 2.81. The normalized spacial score (nSPS) is 14.1. The Labute approximate surface area is 185 Å². The summed E-state index contributed by atoms with van der Waals surface area (Å²) in [6.07, 6.45) is 5.54. The van der Waals surface area contributed by atoms with Gasteiger partial charge in [-0.1, -0.05) is 35.9 Å². The van der Waals surface area contributed by atoms with E-state index in [4.69, 9.17) is 11.6 Å². The van der Waals surface area contributed by atoms with Crippen LogP contribution in [0.1, 0.15) is 10.4 Å². The molecule has 0 saturated carbocycles. The Balaban J connectivity index is 1.41. The average Bonchev–Trinajstić information content (AvgIpc) is 3.49. The number of piperazine rings is 1. The molecule has 0 N–H and O–H groups in total. The molecule has 0 atom stereocenters. The van der Waals surface area contributed by atoms with Crippen molar-refractivity contribution in [1.29, 1.82) is 0 Å². The van der Waals surface area contributed by atoms with Gasteiger partial charge in [-0.15, -0.1) is 0 Å². The van der Waals surface area contributed by atoms with Gasteiger partial charge in [-0.25, -0.2) is 4.68 Å². The van der Waals surface area contributed by atoms with Crippen LogP contribution in [0.2, 0.25) is 5.02 Å². The lowest BCUT2D eigenvalue weighted by molar-refractivity contribution is 0.0747. The van der Waals surface area contributed by atoms with Crippen LogP contribution in [0.5, 0.6) is 0 Å². The minimum atomic E-state index is -0.00312. The van der Waals surface area contributed by atoms with Crippen molar-refractivity contribution < 1.29 is 4.79 Å². The van der Waals surface area contributed by atoms with Gasteiger partial charge in [0.2, 0.25) is 0 Å². The van der Waals surface area contributed by atoms with Crippen molar-refractivity contribution in [1.82, 2.24) is 19.2 Å². The zero-order valence-electron chi connectivity index (χ0n) is 16.9. The number of para-hydroxylation sites is 1. The van der Waals surface area contributed by atoms with E-state index in [9.17, 15) is 4.79 Å². The van der Waals surface area contributed by atoms with Gasteiger partial charge >= 0.3 is 0 Å². The van der Waals surface area contributed by atoms with Crippen LogP contribution in [-0.2, 0) is 0 Å². The first-order valence-electron chi connectivity index (χ1n) is 10.3. The minimum Gasteiger partial charge on any atom is -0.368 e. The van der Waals surface area contributed by atoms with E-state index in [0.29, 0.717) is 18.7 Å². The molecule has 7 heteroatoms. The van der Waals surface area contributed by atoms with Crippen LogP contribution in [0.3, 0.4) is 0 Å². The van der Waals surface area contributed by atoms with Crippen molar-refractivity contribution in [3.63, 3.8) is 0 Å². The Morgan fingerprint density at radius 3 is 2.26 bits per heavy atom. The molecule has 0 bridgehead atoms. The smallest absolute Gasteiger partial charge is 0.259 e. The molecule has 4 aromatic rings. The molecule has 0 aliphatic carbocycles. The quantitative estimate of drug-likeness (QED) is 0.484. The lowest BCUT2D eigenvalue weighted by Gasteiger charge is -2.36. The Hall–Kier alpha value is -3.51. The van der Waals surface area contributed by atoms with Gasteiger partial charge in [0.15, 0.2) is 5.82 Å². The SMILES string of the molecule is O=C(c1cnn(-c2ccccc2)c1-n1cccc1)N1CCN(c2cccc(Cl)c2)CC1. The number of hydrogen-bond acceptors (Lipinski definition) is 3. The maximum absolute atomic E-state index is 13.5. The summed E-state index contributed by atoms with van der Waals surface area (Å²) in [6, 6.07) is 21.6. The monoisotopic (exact) mass is 431 g/mol. The zero-order valence-corrected chi connectivity index (χ0v) is 17.7. The molecule has 2 aromatic heterocycles. The number of carbonyl (C=O) groups is 1. The van der Waals surface area contributed by atoms with Crippen LogP contribution in [0, 0.1) is 0 Å². The summed E-state index contributed by atoms with van der Waals surface area (Å²) in [4.78, 5) is 17.6. The first kappa shape index (κ1) is 19.5. The Kier molecular flexibility index (Phi) is 5.22. The largest absolute Gasteiger partial charge is 0.368 e. The molecule has 0 radical (unpaired) electrons. The molecule has 0 spiro atoms. The molecule has 0 unspecified atom stereocenters. The van der Waals surface area contributed by atoms with Gasteiger partial charge in [0.1, 0.15) is 5.56 Å². The molecule has 156 valence electrons. The zero-order chi connectivity index (χ0) is 21.2. The number of nitrogens with zero attached hydrogens (tertiary/aromatic N) is 5. The number of anilines is 1. The van der Waals surface area contributed by atoms with E-state index in [1.54, 1.807) is 6.20 Å². The number of hydrogen-bond donors (Lipinski definition) is 0. The molecule has 31 heavy (non-hydrogen) atoms. The van der Waals surface area contributed by atoms with E-state index in [1.165, 1.54) is 0 Å². The highest BCUT2D eigenvalue weighted by atomic mass is 35.5. The van der Waals surface area contributed by atoms with Crippen LogP contribution in [0.25, 0.3) is 11.5 Å². The summed E-state index contributed by atoms with van der Waals surface area (Å²) in [7, 11) is 0. The van der Waals surface area contributed by atoms with Gasteiger partial charge in [0.05, 0.1) is 11.9 Å². The van der Waals surface area contributed by atoms with E-state index in [1.807, 2.05) is 87.2 Å². The Morgan fingerprint density at radius 1 is 0.839 bits per heavy atom. The number of amides is 1. The van der Waals surface area contributed by atoms with Crippen LogP contribution < -0.4 is 4.90 Å². The van der Waals surface area contributed by atoms with Crippen LogP contribution in [0.15, 0.2) is 85.3 Å². The fourth-order valence-corrected chi connectivity index (χ4v) is 4.17. The summed E-state index contributed by atoms with van der Waals surface area (Å²) < 4.78 is 3.75. The molecule has 1 fully saturated rings. The molecule has 1 aliphatic rings. The first-order chi connectivity index (χ1) is 15.2. The van der Waals surface area contributed by atoms with E-state index in [-0.39, 0.29) is 5.91 Å². The van der Waals surface area contributed by atoms with Gasteiger partial charge in [-0.3, -0.25) is 4.79 Å². The second-order valence-corrected chi connectivity index (χ2v) is 7.92. The Morgan fingerprint density at radius 2 is 1.55 bits per heavy atom. The van der Waals surface area contributed by atoms with Crippen molar-refractivity contribution in [2.24, 2.45) is 0 Å². The molecule has 1 aliphatic heterocycles. The summed E-state index contributed by atoms with van der Waals surface area (Å²) in [5, 5.41) is 5.28. The van der Waals surface area contributed by atoms with Gasteiger partial charge in [-0.2, -0.15) is 5.10 Å². The lowest BCUT2D eigenvalue weighted by atomic mass is 10.2. The highest BCUT2D eigenvalue weighted by molar-refractivity contribution is 6.30. The van der Waals surface area contributed by atoms with Crippen LogP contribution in [0.4, 0.5) is 5.69 Å². The van der Waals surface area contributed by atoms with E-state index in [2.05, 4.69) is 16.1 Å².